The van der Waals surface area contributed by atoms with Crippen LogP contribution >= 0.6 is 0 Å². The number of imidazole rings is 1. The lowest BCUT2D eigenvalue weighted by atomic mass is 10.4. The van der Waals surface area contributed by atoms with Crippen molar-refractivity contribution in [2.24, 2.45) is 4.99 Å². The topological polar surface area (TPSA) is 78.3 Å². The smallest absolute Gasteiger partial charge is 0.353 e. The average Bonchev–Trinajstić information content (AvgIpc) is 2.62. The van der Waals surface area contributed by atoms with Gasteiger partial charge in [0.1, 0.15) is 5.69 Å². The van der Waals surface area contributed by atoms with Gasteiger partial charge in [0.15, 0.2) is 5.82 Å². The molecule has 0 radical (unpaired) electrons. The van der Waals surface area contributed by atoms with Gasteiger partial charge in [-0.05, 0) is 13.8 Å². The van der Waals surface area contributed by atoms with Gasteiger partial charge >= 0.3 is 5.97 Å². The predicted molar refractivity (Wildman–Crippen MR) is 52.6 cm³/mol. The normalized spacial score (nSPS) is 12.3. The highest BCUT2D eigenvalue weighted by Crippen LogP contribution is 1.99. The number of H-pyrrole nitrogens is 1. The van der Waals surface area contributed by atoms with E-state index in [1.165, 1.54) is 6.20 Å². The van der Waals surface area contributed by atoms with Crippen molar-refractivity contribution in [2.75, 3.05) is 0 Å². The van der Waals surface area contributed by atoms with Crippen LogP contribution in [0.15, 0.2) is 23.5 Å². The second-order valence-corrected chi connectivity index (χ2v) is 2.65. The summed E-state index contributed by atoms with van der Waals surface area (Å²) in [5, 5.41) is 8.63. The highest BCUT2D eigenvalue weighted by Gasteiger charge is 2.08. The lowest BCUT2D eigenvalue weighted by molar-refractivity contribution is 0.0691. The summed E-state index contributed by atoms with van der Waals surface area (Å²) in [4.78, 5) is 21.1. The third-order valence-corrected chi connectivity index (χ3v) is 1.57. The molecule has 5 nitrogen and oxygen atoms in total. The monoisotopic (exact) mass is 193 g/mol. The van der Waals surface area contributed by atoms with Gasteiger partial charge < -0.3 is 10.1 Å². The van der Waals surface area contributed by atoms with Gasteiger partial charge in [-0.3, -0.25) is 4.99 Å². The van der Waals surface area contributed by atoms with Crippen LogP contribution in [0.5, 0.6) is 0 Å². The van der Waals surface area contributed by atoms with E-state index in [-0.39, 0.29) is 5.69 Å². The van der Waals surface area contributed by atoms with Gasteiger partial charge in [-0.15, -0.1) is 0 Å². The number of aromatic carboxylic acids is 1. The van der Waals surface area contributed by atoms with Gasteiger partial charge in [0.2, 0.25) is 0 Å². The summed E-state index contributed by atoms with van der Waals surface area (Å²) in [6, 6.07) is 0. The molecule has 2 N–H and O–H groups in total. The van der Waals surface area contributed by atoms with Gasteiger partial charge in [-0.2, -0.15) is 0 Å². The van der Waals surface area contributed by atoms with Crippen molar-refractivity contribution in [3.05, 3.63) is 30.0 Å². The van der Waals surface area contributed by atoms with E-state index in [1.807, 2.05) is 6.92 Å². The number of aliphatic imine (C=N–C) groups is 1. The summed E-state index contributed by atoms with van der Waals surface area (Å²) in [5.74, 6) is -0.553. The maximum Gasteiger partial charge on any atom is 0.353 e. The van der Waals surface area contributed by atoms with Gasteiger partial charge in [0, 0.05) is 6.20 Å². The van der Waals surface area contributed by atoms with E-state index in [2.05, 4.69) is 15.0 Å². The minimum absolute atomic E-state index is 0.0648. The van der Waals surface area contributed by atoms with E-state index in [0.29, 0.717) is 11.5 Å². The molecule has 0 spiro atoms. The van der Waals surface area contributed by atoms with Crippen molar-refractivity contribution in [3.63, 3.8) is 0 Å². The molecule has 0 atom stereocenters. The number of allylic oxidation sites excluding steroid dienone is 1. The molecular weight excluding hydrogens is 182 g/mol. The van der Waals surface area contributed by atoms with E-state index in [1.54, 1.807) is 19.2 Å². The number of hydrogen-bond acceptors (Lipinski definition) is 3. The number of carbonyl (C=O) groups is 1. The summed E-state index contributed by atoms with van der Waals surface area (Å²) in [6.45, 7) is 3.60. The fourth-order valence-corrected chi connectivity index (χ4v) is 0.861. The molecule has 1 aromatic heterocycles. The van der Waals surface area contributed by atoms with Crippen molar-refractivity contribution in [1.82, 2.24) is 9.97 Å². The van der Waals surface area contributed by atoms with Gasteiger partial charge in [0.05, 0.1) is 11.9 Å². The highest BCUT2D eigenvalue weighted by atomic mass is 16.4. The molecule has 0 aliphatic heterocycles. The summed E-state index contributed by atoms with van der Waals surface area (Å²) in [5.41, 5.74) is 0.714. The molecule has 74 valence electrons. The Morgan fingerprint density at radius 3 is 2.93 bits per heavy atom. The number of aromatic amines is 1. The zero-order valence-electron chi connectivity index (χ0n) is 7.98. The van der Waals surface area contributed by atoms with E-state index in [9.17, 15) is 4.79 Å². The minimum Gasteiger partial charge on any atom is -0.477 e. The molecule has 0 fully saturated rings. The molecule has 1 heterocycles. The number of aromatic nitrogens is 2. The van der Waals surface area contributed by atoms with Crippen molar-refractivity contribution < 1.29 is 9.90 Å². The SMILES string of the molecule is C/C=C\N=C(C)c1ncc(C(=O)O)[nH]1. The maximum atomic E-state index is 10.5. The fraction of sp³-hybridized carbons (Fsp3) is 0.222. The molecule has 0 amide bonds. The van der Waals surface area contributed by atoms with Crippen molar-refractivity contribution in [2.45, 2.75) is 13.8 Å². The van der Waals surface area contributed by atoms with E-state index < -0.39 is 5.97 Å². The second-order valence-electron chi connectivity index (χ2n) is 2.65. The first-order valence-corrected chi connectivity index (χ1v) is 4.09. The first kappa shape index (κ1) is 10.2. The number of rotatable bonds is 3. The Labute approximate surface area is 81.2 Å². The van der Waals surface area contributed by atoms with Crippen LogP contribution in [-0.4, -0.2) is 26.8 Å². The standard InChI is InChI=1S/C9H11N3O2/c1-3-4-10-6(2)8-11-5-7(12-8)9(13)14/h3-5H,1-2H3,(H,11,12)(H,13,14)/b4-3-,10-6?. The van der Waals surface area contributed by atoms with Crippen molar-refractivity contribution >= 4 is 11.7 Å². The number of carboxylic acid groups (broad SMARTS) is 1. The predicted octanol–water partition coefficient (Wildman–Crippen LogP) is 1.45. The lowest BCUT2D eigenvalue weighted by Crippen LogP contribution is -2.00. The van der Waals surface area contributed by atoms with Crippen LogP contribution in [0.25, 0.3) is 0 Å². The first-order chi connectivity index (χ1) is 6.65. The molecule has 0 aromatic carbocycles. The fourth-order valence-electron chi connectivity index (χ4n) is 0.861. The van der Waals surface area contributed by atoms with Crippen LogP contribution in [0, 0.1) is 0 Å². The summed E-state index contributed by atoms with van der Waals surface area (Å²) in [6.07, 6.45) is 4.68. The molecule has 0 unspecified atom stereocenters. The molecule has 0 aliphatic carbocycles. The van der Waals surface area contributed by atoms with Crippen LogP contribution in [0.4, 0.5) is 0 Å². The summed E-state index contributed by atoms with van der Waals surface area (Å²) in [7, 11) is 0. The largest absolute Gasteiger partial charge is 0.477 e. The highest BCUT2D eigenvalue weighted by molar-refractivity contribution is 5.97. The maximum absolute atomic E-state index is 10.5. The Kier molecular flexibility index (Phi) is 3.17. The molecule has 0 aliphatic rings. The molecular formula is C9H11N3O2. The molecule has 1 rings (SSSR count). The van der Waals surface area contributed by atoms with E-state index >= 15 is 0 Å². The zero-order chi connectivity index (χ0) is 10.6. The van der Waals surface area contributed by atoms with Crippen LogP contribution in [-0.2, 0) is 0 Å². The molecule has 14 heavy (non-hydrogen) atoms. The number of hydrogen-bond donors (Lipinski definition) is 2. The molecule has 0 saturated heterocycles. The molecule has 0 bridgehead atoms. The van der Waals surface area contributed by atoms with Crippen molar-refractivity contribution in [3.8, 4) is 0 Å². The van der Waals surface area contributed by atoms with Crippen LogP contribution in [0.1, 0.15) is 30.2 Å². The molecule has 1 aromatic rings. The third-order valence-electron chi connectivity index (χ3n) is 1.57. The van der Waals surface area contributed by atoms with Gasteiger partial charge in [-0.1, -0.05) is 6.08 Å². The lowest BCUT2D eigenvalue weighted by Gasteiger charge is -1.91. The molecule has 0 saturated carbocycles. The Bertz CT molecular complexity index is 391. The number of nitrogens with zero attached hydrogens (tertiary/aromatic N) is 2. The second kappa shape index (κ2) is 4.36. The van der Waals surface area contributed by atoms with Crippen LogP contribution < -0.4 is 0 Å². The zero-order valence-corrected chi connectivity index (χ0v) is 7.98. The Hall–Kier alpha value is -1.91. The first-order valence-electron chi connectivity index (χ1n) is 4.09. The third kappa shape index (κ3) is 2.29. The van der Waals surface area contributed by atoms with Gasteiger partial charge in [0.25, 0.3) is 0 Å². The van der Waals surface area contributed by atoms with E-state index in [0.717, 1.165) is 0 Å². The van der Waals surface area contributed by atoms with Gasteiger partial charge in [-0.25, -0.2) is 9.78 Å². The number of nitrogens with one attached hydrogen (secondary N) is 1. The average molecular weight is 193 g/mol. The van der Waals surface area contributed by atoms with Crippen LogP contribution in [0.3, 0.4) is 0 Å². The Balaban J connectivity index is 2.91. The minimum atomic E-state index is -1.03. The number of carboxylic acids is 1. The summed E-state index contributed by atoms with van der Waals surface area (Å²) < 4.78 is 0. The van der Waals surface area contributed by atoms with E-state index in [4.69, 9.17) is 5.11 Å². The molecule has 5 heteroatoms. The van der Waals surface area contributed by atoms with Crippen molar-refractivity contribution in [1.29, 1.82) is 0 Å². The Morgan fingerprint density at radius 2 is 2.43 bits per heavy atom. The quantitative estimate of drug-likeness (QED) is 0.713. The van der Waals surface area contributed by atoms with Crippen LogP contribution in [0.2, 0.25) is 0 Å². The Morgan fingerprint density at radius 1 is 1.71 bits per heavy atom. The summed E-state index contributed by atoms with van der Waals surface area (Å²) >= 11 is 0.